The Balaban J connectivity index is 2.83. The van der Waals surface area contributed by atoms with E-state index in [9.17, 15) is 0 Å². The topological polar surface area (TPSA) is 60.3 Å². The molecule has 0 radical (unpaired) electrons. The number of hydrogen-bond acceptors (Lipinski definition) is 3. The second kappa shape index (κ2) is 2.38. The maximum Gasteiger partial charge on any atom is 0.176 e. The molecule has 0 saturated carbocycles. The molecule has 0 aliphatic rings. The monoisotopic (exact) mass is 186 g/mol. The van der Waals surface area contributed by atoms with Gasteiger partial charge >= 0.3 is 0 Å². The molecule has 0 spiro atoms. The first-order valence-corrected chi connectivity index (χ1v) is 4.65. The number of aromatic amines is 3. The molecular formula is C5H6N4S2. The van der Waals surface area contributed by atoms with Crippen molar-refractivity contribution in [2.75, 3.05) is 6.26 Å². The Labute approximate surface area is 71.8 Å². The van der Waals surface area contributed by atoms with Crippen LogP contribution >= 0.6 is 24.0 Å². The Morgan fingerprint density at radius 2 is 2.27 bits per heavy atom. The van der Waals surface area contributed by atoms with E-state index in [2.05, 4.69) is 20.2 Å². The summed E-state index contributed by atoms with van der Waals surface area (Å²) >= 11 is 6.48. The lowest BCUT2D eigenvalue weighted by Gasteiger charge is -1.82. The highest BCUT2D eigenvalue weighted by atomic mass is 32.2. The number of rotatable bonds is 1. The third-order valence-electron chi connectivity index (χ3n) is 1.40. The molecule has 6 heteroatoms. The summed E-state index contributed by atoms with van der Waals surface area (Å²) in [5, 5.41) is 7.82. The van der Waals surface area contributed by atoms with Gasteiger partial charge in [0.25, 0.3) is 0 Å². The zero-order chi connectivity index (χ0) is 7.84. The summed E-state index contributed by atoms with van der Waals surface area (Å²) in [6, 6.07) is 0. The summed E-state index contributed by atoms with van der Waals surface area (Å²) in [5.41, 5.74) is 1.82. The molecule has 0 amide bonds. The first-order valence-electron chi connectivity index (χ1n) is 3.01. The second-order valence-electron chi connectivity index (χ2n) is 2.06. The fourth-order valence-corrected chi connectivity index (χ4v) is 1.64. The number of aromatic nitrogens is 4. The van der Waals surface area contributed by atoms with Crippen LogP contribution in [0.5, 0.6) is 0 Å². The highest BCUT2D eigenvalue weighted by Crippen LogP contribution is 2.19. The molecule has 0 aliphatic carbocycles. The second-order valence-corrected chi connectivity index (χ2v) is 3.27. The number of thioether (sulfide) groups is 1. The third-order valence-corrected chi connectivity index (χ3v) is 2.29. The standard InChI is InChI=1S/C5H6N4S2/c1-11-4-2-3(8-9-4)7-5(10)6-2/h1H3,(H3,6,7,8,9,10). The van der Waals surface area contributed by atoms with Crippen molar-refractivity contribution in [2.24, 2.45) is 0 Å². The van der Waals surface area contributed by atoms with E-state index >= 15 is 0 Å². The molecule has 2 rings (SSSR count). The van der Waals surface area contributed by atoms with Gasteiger partial charge in [-0.15, -0.1) is 11.8 Å². The molecule has 2 aromatic rings. The van der Waals surface area contributed by atoms with E-state index < -0.39 is 0 Å². The normalized spacial score (nSPS) is 11.0. The molecule has 58 valence electrons. The van der Waals surface area contributed by atoms with Gasteiger partial charge in [0, 0.05) is 0 Å². The Morgan fingerprint density at radius 3 is 3.00 bits per heavy atom. The smallest absolute Gasteiger partial charge is 0.176 e. The average Bonchev–Trinajstić information content (AvgIpc) is 2.45. The lowest BCUT2D eigenvalue weighted by Crippen LogP contribution is -1.72. The van der Waals surface area contributed by atoms with Gasteiger partial charge in [-0.3, -0.25) is 5.10 Å². The molecule has 0 aromatic carbocycles. The maximum atomic E-state index is 4.91. The number of fused-ring (bicyclic) bond motifs is 1. The predicted molar refractivity (Wildman–Crippen MR) is 47.4 cm³/mol. The van der Waals surface area contributed by atoms with Crippen molar-refractivity contribution in [1.82, 2.24) is 20.2 Å². The van der Waals surface area contributed by atoms with Gasteiger partial charge in [-0.05, 0) is 18.5 Å². The van der Waals surface area contributed by atoms with Gasteiger partial charge in [0.15, 0.2) is 10.4 Å². The molecule has 0 fully saturated rings. The molecule has 0 atom stereocenters. The Hall–Kier alpha value is -0.750. The summed E-state index contributed by atoms with van der Waals surface area (Å²) in [7, 11) is 0. The summed E-state index contributed by atoms with van der Waals surface area (Å²) < 4.78 is 0.629. The maximum absolute atomic E-state index is 4.91. The van der Waals surface area contributed by atoms with Gasteiger partial charge in [-0.2, -0.15) is 5.10 Å². The van der Waals surface area contributed by atoms with Gasteiger partial charge in [0.2, 0.25) is 0 Å². The quantitative estimate of drug-likeness (QED) is 0.469. The molecule has 0 bridgehead atoms. The molecule has 0 unspecified atom stereocenters. The van der Waals surface area contributed by atoms with Gasteiger partial charge < -0.3 is 9.97 Å². The number of H-pyrrole nitrogens is 3. The van der Waals surface area contributed by atoms with Gasteiger partial charge in [-0.25, -0.2) is 0 Å². The van der Waals surface area contributed by atoms with Crippen molar-refractivity contribution in [2.45, 2.75) is 5.03 Å². The molecule has 2 aromatic heterocycles. The summed E-state index contributed by atoms with van der Waals surface area (Å²) in [5.74, 6) is 0. The van der Waals surface area contributed by atoms with Crippen LogP contribution in [0.15, 0.2) is 5.03 Å². The largest absolute Gasteiger partial charge is 0.327 e. The minimum Gasteiger partial charge on any atom is -0.327 e. The van der Waals surface area contributed by atoms with Crippen LogP contribution in [0, 0.1) is 4.77 Å². The lowest BCUT2D eigenvalue weighted by molar-refractivity contribution is 1.00. The van der Waals surface area contributed by atoms with E-state index in [-0.39, 0.29) is 0 Å². The number of hydrogen-bond donors (Lipinski definition) is 3. The van der Waals surface area contributed by atoms with Crippen molar-refractivity contribution in [1.29, 1.82) is 0 Å². The van der Waals surface area contributed by atoms with E-state index in [1.54, 1.807) is 11.8 Å². The molecular weight excluding hydrogens is 180 g/mol. The van der Waals surface area contributed by atoms with Gasteiger partial charge in [0.1, 0.15) is 10.5 Å². The number of nitrogens with zero attached hydrogens (tertiary/aromatic N) is 1. The van der Waals surface area contributed by atoms with Gasteiger partial charge in [-0.1, -0.05) is 0 Å². The molecule has 0 saturated heterocycles. The first kappa shape index (κ1) is 6.93. The summed E-state index contributed by atoms with van der Waals surface area (Å²) in [4.78, 5) is 5.94. The average molecular weight is 186 g/mol. The Bertz CT molecular complexity index is 423. The van der Waals surface area contributed by atoms with Crippen LogP contribution in [0.25, 0.3) is 11.2 Å². The predicted octanol–water partition coefficient (Wildman–Crippen LogP) is 1.67. The highest BCUT2D eigenvalue weighted by Gasteiger charge is 2.04. The minimum atomic E-state index is 0.629. The zero-order valence-corrected chi connectivity index (χ0v) is 7.40. The van der Waals surface area contributed by atoms with E-state index in [0.717, 1.165) is 16.2 Å². The number of imidazole rings is 1. The van der Waals surface area contributed by atoms with Crippen LogP contribution in [0.1, 0.15) is 0 Å². The van der Waals surface area contributed by atoms with Crippen LogP contribution in [-0.4, -0.2) is 26.4 Å². The van der Waals surface area contributed by atoms with Crippen molar-refractivity contribution < 1.29 is 0 Å². The zero-order valence-electron chi connectivity index (χ0n) is 5.76. The Morgan fingerprint density at radius 1 is 1.45 bits per heavy atom. The van der Waals surface area contributed by atoms with Crippen molar-refractivity contribution in [3.8, 4) is 0 Å². The van der Waals surface area contributed by atoms with Crippen LogP contribution in [0.4, 0.5) is 0 Å². The molecule has 2 heterocycles. The van der Waals surface area contributed by atoms with Crippen molar-refractivity contribution in [3.05, 3.63) is 4.77 Å². The van der Waals surface area contributed by atoms with E-state index in [4.69, 9.17) is 12.2 Å². The van der Waals surface area contributed by atoms with Gasteiger partial charge in [0.05, 0.1) is 0 Å². The molecule has 3 N–H and O–H groups in total. The third kappa shape index (κ3) is 0.982. The summed E-state index contributed by atoms with van der Waals surface area (Å²) in [6.45, 7) is 0. The van der Waals surface area contributed by atoms with E-state index in [1.807, 2.05) is 6.26 Å². The lowest BCUT2D eigenvalue weighted by atomic mass is 10.6. The Kier molecular flexibility index (Phi) is 1.50. The minimum absolute atomic E-state index is 0.629. The molecule has 11 heavy (non-hydrogen) atoms. The van der Waals surface area contributed by atoms with Crippen LogP contribution < -0.4 is 0 Å². The highest BCUT2D eigenvalue weighted by molar-refractivity contribution is 7.98. The van der Waals surface area contributed by atoms with Crippen LogP contribution in [-0.2, 0) is 0 Å². The SMILES string of the molecule is CSc1n[nH]c2[nH]c(=S)[nH]c12. The summed E-state index contributed by atoms with van der Waals surface area (Å²) in [6.07, 6.45) is 1.97. The molecule has 0 aliphatic heterocycles. The fourth-order valence-electron chi connectivity index (χ4n) is 0.938. The molecule has 4 nitrogen and oxygen atoms in total. The van der Waals surface area contributed by atoms with Crippen molar-refractivity contribution >= 4 is 35.1 Å². The van der Waals surface area contributed by atoms with Crippen LogP contribution in [0.3, 0.4) is 0 Å². The fraction of sp³-hybridized carbons (Fsp3) is 0.200. The van der Waals surface area contributed by atoms with Crippen molar-refractivity contribution in [3.63, 3.8) is 0 Å². The van der Waals surface area contributed by atoms with E-state index in [0.29, 0.717) is 4.77 Å². The first-order chi connectivity index (χ1) is 5.31. The van der Waals surface area contributed by atoms with E-state index in [1.165, 1.54) is 0 Å². The number of nitrogens with one attached hydrogen (secondary N) is 3. The van der Waals surface area contributed by atoms with Crippen LogP contribution in [0.2, 0.25) is 0 Å².